The predicted molar refractivity (Wildman–Crippen MR) is 126 cm³/mol. The van der Waals surface area contributed by atoms with Crippen molar-refractivity contribution in [1.29, 1.82) is 0 Å². The van der Waals surface area contributed by atoms with Crippen LogP contribution in [0.1, 0.15) is 32.6 Å². The zero-order chi connectivity index (χ0) is 21.4. The molecule has 5 rings (SSSR count). The average Bonchev–Trinajstić information content (AvgIpc) is 3.24. The Labute approximate surface area is 185 Å². The molecule has 0 radical (unpaired) electrons. The van der Waals surface area contributed by atoms with Crippen molar-refractivity contribution in [3.05, 3.63) is 46.1 Å². The monoisotopic (exact) mass is 436 g/mol. The third-order valence-corrected chi connectivity index (χ3v) is 7.63. The van der Waals surface area contributed by atoms with Gasteiger partial charge in [-0.25, -0.2) is 4.98 Å². The first-order valence-corrected chi connectivity index (χ1v) is 12.1. The molecule has 2 aliphatic heterocycles. The fraction of sp³-hybridized carbons (Fsp3) is 0.458. The van der Waals surface area contributed by atoms with Crippen LogP contribution in [0.2, 0.25) is 0 Å². The molecule has 0 bridgehead atoms. The number of hydrogen-bond donors (Lipinski definition) is 1. The van der Waals surface area contributed by atoms with Crippen LogP contribution in [-0.4, -0.2) is 47.0 Å². The first kappa shape index (κ1) is 20.2. The highest BCUT2D eigenvalue weighted by Crippen LogP contribution is 2.32. The minimum atomic E-state index is -0.106. The third-order valence-electron chi connectivity index (χ3n) is 6.66. The van der Waals surface area contributed by atoms with E-state index < -0.39 is 0 Å². The molecular weight excluding hydrogens is 408 g/mol. The lowest BCUT2D eigenvalue weighted by Gasteiger charge is -2.37. The van der Waals surface area contributed by atoms with Crippen LogP contribution in [0, 0.1) is 11.8 Å². The van der Waals surface area contributed by atoms with Crippen LogP contribution in [0.4, 0.5) is 5.95 Å². The molecule has 0 aliphatic carbocycles. The van der Waals surface area contributed by atoms with Gasteiger partial charge in [0, 0.05) is 37.1 Å². The number of nitrogens with zero attached hydrogens (tertiary/aromatic N) is 3. The molecule has 31 heavy (non-hydrogen) atoms. The molecule has 2 aliphatic rings. The molecule has 2 saturated heterocycles. The van der Waals surface area contributed by atoms with Gasteiger partial charge in [0.05, 0.1) is 11.4 Å². The van der Waals surface area contributed by atoms with Crippen molar-refractivity contribution in [3.8, 4) is 11.1 Å². The predicted octanol–water partition coefficient (Wildman–Crippen LogP) is 4.13. The van der Waals surface area contributed by atoms with Crippen LogP contribution in [-0.2, 0) is 4.79 Å². The largest absolute Gasteiger partial charge is 0.342 e. The fourth-order valence-corrected chi connectivity index (χ4v) is 5.66. The highest BCUT2D eigenvalue weighted by Gasteiger charge is 2.32. The zero-order valence-electron chi connectivity index (χ0n) is 17.8. The number of piperidine rings is 2. The van der Waals surface area contributed by atoms with E-state index in [1.165, 1.54) is 11.3 Å². The molecule has 1 amide bonds. The van der Waals surface area contributed by atoms with Crippen LogP contribution in [0.15, 0.2) is 40.5 Å². The van der Waals surface area contributed by atoms with Gasteiger partial charge in [0.2, 0.25) is 11.9 Å². The van der Waals surface area contributed by atoms with Crippen LogP contribution in [0.5, 0.6) is 0 Å². The first-order chi connectivity index (χ1) is 15.1. The third kappa shape index (κ3) is 3.99. The maximum absolute atomic E-state index is 13.1. The van der Waals surface area contributed by atoms with Crippen LogP contribution >= 0.6 is 11.3 Å². The molecule has 1 aromatic carbocycles. The number of amides is 1. The van der Waals surface area contributed by atoms with Crippen molar-refractivity contribution in [3.63, 3.8) is 0 Å². The summed E-state index contributed by atoms with van der Waals surface area (Å²) in [6.07, 6.45) is 4.02. The van der Waals surface area contributed by atoms with E-state index in [4.69, 9.17) is 4.98 Å². The zero-order valence-corrected chi connectivity index (χ0v) is 18.7. The number of benzene rings is 1. The van der Waals surface area contributed by atoms with Crippen LogP contribution in [0.25, 0.3) is 21.3 Å². The molecule has 2 fully saturated rings. The molecule has 6 nitrogen and oxygen atoms in total. The van der Waals surface area contributed by atoms with E-state index >= 15 is 0 Å². The van der Waals surface area contributed by atoms with Gasteiger partial charge in [0.1, 0.15) is 4.70 Å². The number of carbonyl (C=O) groups is 1. The Morgan fingerprint density at radius 1 is 1.13 bits per heavy atom. The number of carbonyl (C=O) groups excluding carboxylic acids is 1. The Morgan fingerprint density at radius 2 is 1.90 bits per heavy atom. The van der Waals surface area contributed by atoms with Crippen molar-refractivity contribution >= 4 is 33.4 Å². The van der Waals surface area contributed by atoms with Gasteiger partial charge in [-0.1, -0.05) is 37.3 Å². The van der Waals surface area contributed by atoms with Crippen molar-refractivity contribution in [1.82, 2.24) is 14.9 Å². The summed E-state index contributed by atoms with van der Waals surface area (Å²) in [5, 5.41) is 2.01. The number of thiophene rings is 1. The van der Waals surface area contributed by atoms with Gasteiger partial charge in [-0.3, -0.25) is 14.6 Å². The summed E-state index contributed by atoms with van der Waals surface area (Å²) in [5.74, 6) is 1.52. The normalized spacial score (nSPS) is 20.4. The number of anilines is 1. The van der Waals surface area contributed by atoms with Gasteiger partial charge in [0.15, 0.2) is 0 Å². The van der Waals surface area contributed by atoms with Crippen LogP contribution < -0.4 is 10.5 Å². The summed E-state index contributed by atoms with van der Waals surface area (Å²) in [5.41, 5.74) is 2.68. The van der Waals surface area contributed by atoms with Crippen molar-refractivity contribution < 1.29 is 4.79 Å². The SMILES string of the molecule is CC1CCN(C(=O)[C@H]2CCCN(c3nc4c(-c5ccccc5)csc4c(=O)[nH]3)C2)CC1. The smallest absolute Gasteiger partial charge is 0.270 e. The van der Waals surface area contributed by atoms with E-state index in [2.05, 4.69) is 16.8 Å². The fourth-order valence-electron chi connectivity index (χ4n) is 4.75. The van der Waals surface area contributed by atoms with Gasteiger partial charge >= 0.3 is 0 Å². The standard InChI is InChI=1S/C24H28N4O2S/c1-16-9-12-27(13-10-16)23(30)18-8-5-11-28(14-18)24-25-20-19(17-6-3-2-4-7-17)15-31-21(20)22(29)26-24/h2-4,6-7,15-16,18H,5,8-14H2,1H3,(H,25,26,29)/t18-/m0/s1. The molecule has 4 heterocycles. The van der Waals surface area contributed by atoms with Gasteiger partial charge in [-0.05, 0) is 37.2 Å². The lowest BCUT2D eigenvalue weighted by Crippen LogP contribution is -2.47. The number of H-pyrrole nitrogens is 1. The molecule has 0 saturated carbocycles. The Balaban J connectivity index is 1.41. The summed E-state index contributed by atoms with van der Waals surface area (Å²) >= 11 is 1.43. The van der Waals surface area contributed by atoms with Crippen molar-refractivity contribution in [2.24, 2.45) is 11.8 Å². The molecule has 7 heteroatoms. The van der Waals surface area contributed by atoms with E-state index in [-0.39, 0.29) is 17.4 Å². The summed E-state index contributed by atoms with van der Waals surface area (Å²) in [6, 6.07) is 10.1. The maximum atomic E-state index is 13.1. The van der Waals surface area contributed by atoms with E-state index in [1.807, 2.05) is 40.6 Å². The lowest BCUT2D eigenvalue weighted by atomic mass is 9.93. The number of aromatic amines is 1. The van der Waals surface area contributed by atoms with Gasteiger partial charge in [-0.2, -0.15) is 0 Å². The summed E-state index contributed by atoms with van der Waals surface area (Å²) in [6.45, 7) is 5.42. The maximum Gasteiger partial charge on any atom is 0.270 e. The number of fused-ring (bicyclic) bond motifs is 1. The number of rotatable bonds is 3. The number of likely N-dealkylation sites (tertiary alicyclic amines) is 1. The minimum Gasteiger partial charge on any atom is -0.342 e. The minimum absolute atomic E-state index is 0.0285. The summed E-state index contributed by atoms with van der Waals surface area (Å²) in [7, 11) is 0. The molecule has 0 unspecified atom stereocenters. The topological polar surface area (TPSA) is 69.3 Å². The Morgan fingerprint density at radius 3 is 2.68 bits per heavy atom. The molecule has 3 aromatic rings. The van der Waals surface area contributed by atoms with Gasteiger partial charge < -0.3 is 9.80 Å². The highest BCUT2D eigenvalue weighted by atomic mass is 32.1. The molecular formula is C24H28N4O2S. The Bertz CT molecular complexity index is 1130. The highest BCUT2D eigenvalue weighted by molar-refractivity contribution is 7.17. The summed E-state index contributed by atoms with van der Waals surface area (Å²) < 4.78 is 0.648. The summed E-state index contributed by atoms with van der Waals surface area (Å²) in [4.78, 5) is 37.9. The Hall–Kier alpha value is -2.67. The molecule has 1 N–H and O–H groups in total. The number of hydrogen-bond acceptors (Lipinski definition) is 5. The second-order valence-electron chi connectivity index (χ2n) is 8.88. The van der Waals surface area contributed by atoms with Gasteiger partial charge in [0.25, 0.3) is 5.56 Å². The van der Waals surface area contributed by atoms with Crippen LogP contribution in [0.3, 0.4) is 0 Å². The van der Waals surface area contributed by atoms with E-state index in [1.54, 1.807) is 0 Å². The second kappa shape index (κ2) is 8.46. The second-order valence-corrected chi connectivity index (χ2v) is 9.76. The van der Waals surface area contributed by atoms with E-state index in [9.17, 15) is 9.59 Å². The quantitative estimate of drug-likeness (QED) is 0.670. The van der Waals surface area contributed by atoms with Crippen molar-refractivity contribution in [2.45, 2.75) is 32.6 Å². The molecule has 0 spiro atoms. The van der Waals surface area contributed by atoms with E-state index in [0.29, 0.717) is 23.1 Å². The lowest BCUT2D eigenvalue weighted by molar-refractivity contribution is -0.137. The number of aromatic nitrogens is 2. The first-order valence-electron chi connectivity index (χ1n) is 11.2. The molecule has 162 valence electrons. The molecule has 1 atom stereocenters. The number of nitrogens with one attached hydrogen (secondary N) is 1. The van der Waals surface area contributed by atoms with Crippen molar-refractivity contribution in [2.75, 3.05) is 31.1 Å². The Kier molecular flexibility index (Phi) is 5.52. The van der Waals surface area contributed by atoms with E-state index in [0.717, 1.165) is 62.0 Å². The van der Waals surface area contributed by atoms with Gasteiger partial charge in [-0.15, -0.1) is 11.3 Å². The average molecular weight is 437 g/mol. The molecule has 2 aromatic heterocycles.